The van der Waals surface area contributed by atoms with Gasteiger partial charge in [-0.2, -0.15) is 0 Å². The maximum atomic E-state index is 11.8. The Morgan fingerprint density at radius 2 is 1.95 bits per heavy atom. The van der Waals surface area contributed by atoms with E-state index in [1.807, 2.05) is 0 Å². The Bertz CT molecular complexity index is 455. The van der Waals surface area contributed by atoms with Gasteiger partial charge in [-0.15, -0.1) is 0 Å². The van der Waals surface area contributed by atoms with Crippen molar-refractivity contribution in [3.63, 3.8) is 0 Å². The van der Waals surface area contributed by atoms with Crippen LogP contribution in [0.3, 0.4) is 0 Å². The lowest BCUT2D eigenvalue weighted by atomic mass is 9.93. The van der Waals surface area contributed by atoms with E-state index in [0.717, 1.165) is 6.42 Å². The summed E-state index contributed by atoms with van der Waals surface area (Å²) in [4.78, 5) is 11.8. The van der Waals surface area contributed by atoms with Crippen LogP contribution in [-0.2, 0) is 19.0 Å². The number of carbonyl (C=O) groups is 1. The summed E-state index contributed by atoms with van der Waals surface area (Å²) in [5.41, 5.74) is 0.456. The summed E-state index contributed by atoms with van der Waals surface area (Å²) in [5.74, 6) is -0.625. The van der Waals surface area contributed by atoms with Gasteiger partial charge in [0.1, 0.15) is 5.76 Å². The molecule has 1 heterocycles. The van der Waals surface area contributed by atoms with E-state index < -0.39 is 11.8 Å². The highest BCUT2D eigenvalue weighted by molar-refractivity contribution is 5.90. The third kappa shape index (κ3) is 2.13. The van der Waals surface area contributed by atoms with Gasteiger partial charge in [-0.3, -0.25) is 0 Å². The summed E-state index contributed by atoms with van der Waals surface area (Å²) >= 11 is 0. The molecule has 1 spiro atoms. The third-order valence-corrected chi connectivity index (χ3v) is 4.67. The van der Waals surface area contributed by atoms with E-state index in [4.69, 9.17) is 14.2 Å². The molecule has 2 fully saturated rings. The topological polar surface area (TPSA) is 65.0 Å². The minimum absolute atomic E-state index is 0.0105. The first kappa shape index (κ1) is 13.9. The molecule has 112 valence electrons. The fourth-order valence-corrected chi connectivity index (χ4v) is 3.60. The summed E-state index contributed by atoms with van der Waals surface area (Å²) in [6.45, 7) is 5.55. The average molecular weight is 282 g/mol. The van der Waals surface area contributed by atoms with Gasteiger partial charge in [0.05, 0.1) is 25.9 Å². The zero-order chi connectivity index (χ0) is 14.5. The molecule has 3 aliphatic rings. The van der Waals surface area contributed by atoms with Crippen molar-refractivity contribution in [3.05, 3.63) is 11.3 Å². The van der Waals surface area contributed by atoms with Crippen molar-refractivity contribution >= 4 is 5.97 Å². The number of fused-ring (bicyclic) bond motifs is 1. The number of aliphatic hydroxyl groups excluding tert-OH is 1. The first-order valence-electron chi connectivity index (χ1n) is 7.14. The van der Waals surface area contributed by atoms with Crippen molar-refractivity contribution in [2.45, 2.75) is 38.9 Å². The summed E-state index contributed by atoms with van der Waals surface area (Å²) in [6, 6.07) is 0. The van der Waals surface area contributed by atoms with E-state index in [0.29, 0.717) is 31.6 Å². The second-order valence-electron chi connectivity index (χ2n) is 6.98. The predicted octanol–water partition coefficient (Wildman–Crippen LogP) is 2.17. The van der Waals surface area contributed by atoms with Gasteiger partial charge in [0, 0.05) is 30.6 Å². The Hall–Kier alpha value is -1.07. The molecule has 0 unspecified atom stereocenters. The van der Waals surface area contributed by atoms with Gasteiger partial charge in [0.25, 0.3) is 0 Å². The SMILES string of the molecule is COC(=O)C1=C(O)C[C@H]2CC3(C[C@H]12)OCC(C)(C)CO3. The van der Waals surface area contributed by atoms with E-state index in [2.05, 4.69) is 13.8 Å². The summed E-state index contributed by atoms with van der Waals surface area (Å²) < 4.78 is 16.8. The maximum absolute atomic E-state index is 11.8. The molecule has 0 aromatic heterocycles. The molecule has 2 atom stereocenters. The molecule has 20 heavy (non-hydrogen) atoms. The summed E-state index contributed by atoms with van der Waals surface area (Å²) in [5, 5.41) is 9.96. The van der Waals surface area contributed by atoms with Crippen LogP contribution in [0, 0.1) is 17.3 Å². The first-order chi connectivity index (χ1) is 9.36. The van der Waals surface area contributed by atoms with Crippen molar-refractivity contribution in [1.82, 2.24) is 0 Å². The van der Waals surface area contributed by atoms with Gasteiger partial charge in [-0.25, -0.2) is 4.79 Å². The quantitative estimate of drug-likeness (QED) is 0.747. The van der Waals surface area contributed by atoms with E-state index in [-0.39, 0.29) is 23.0 Å². The van der Waals surface area contributed by atoms with Gasteiger partial charge in [-0.05, 0) is 5.92 Å². The highest BCUT2D eigenvalue weighted by atomic mass is 16.7. The Balaban J connectivity index is 1.77. The first-order valence-corrected chi connectivity index (χ1v) is 7.14. The Labute approximate surface area is 118 Å². The highest BCUT2D eigenvalue weighted by Gasteiger charge is 2.55. The largest absolute Gasteiger partial charge is 0.512 e. The molecule has 5 nitrogen and oxygen atoms in total. The molecule has 0 aromatic carbocycles. The van der Waals surface area contributed by atoms with Crippen molar-refractivity contribution in [2.75, 3.05) is 20.3 Å². The van der Waals surface area contributed by atoms with Gasteiger partial charge in [0.2, 0.25) is 0 Å². The van der Waals surface area contributed by atoms with E-state index in [1.54, 1.807) is 0 Å². The number of carbonyl (C=O) groups excluding carboxylic acids is 1. The molecule has 0 bridgehead atoms. The lowest BCUT2D eigenvalue weighted by Crippen LogP contribution is -2.46. The fourth-order valence-electron chi connectivity index (χ4n) is 3.60. The second-order valence-corrected chi connectivity index (χ2v) is 6.98. The highest BCUT2D eigenvalue weighted by Crippen LogP contribution is 2.54. The van der Waals surface area contributed by atoms with Crippen LogP contribution in [0.2, 0.25) is 0 Å². The predicted molar refractivity (Wildman–Crippen MR) is 70.9 cm³/mol. The van der Waals surface area contributed by atoms with Crippen LogP contribution in [0.4, 0.5) is 0 Å². The van der Waals surface area contributed by atoms with Crippen LogP contribution in [0.15, 0.2) is 11.3 Å². The monoisotopic (exact) mass is 282 g/mol. The molecule has 3 rings (SSSR count). The standard InChI is InChI=1S/C15H22O5/c1-14(2)7-19-15(20-8-14)5-9-4-11(16)12(10(9)6-15)13(17)18-3/h9-10,16H,4-8H2,1-3H3/t9-,10-/m0/s1. The number of ether oxygens (including phenoxy) is 3. The van der Waals surface area contributed by atoms with E-state index in [1.165, 1.54) is 7.11 Å². The van der Waals surface area contributed by atoms with Gasteiger partial charge in [0.15, 0.2) is 5.79 Å². The molecule has 5 heteroatoms. The minimum atomic E-state index is -0.579. The molecule has 1 saturated heterocycles. The normalized spacial score (nSPS) is 34.4. The fraction of sp³-hybridized carbons (Fsp3) is 0.800. The maximum Gasteiger partial charge on any atom is 0.337 e. The Morgan fingerprint density at radius 1 is 1.30 bits per heavy atom. The average Bonchev–Trinajstić information content (AvgIpc) is 2.86. The molecule has 1 aliphatic heterocycles. The van der Waals surface area contributed by atoms with Gasteiger partial charge >= 0.3 is 5.97 Å². The van der Waals surface area contributed by atoms with Crippen LogP contribution in [-0.4, -0.2) is 37.2 Å². The number of esters is 1. The summed E-state index contributed by atoms with van der Waals surface area (Å²) in [7, 11) is 1.34. The Morgan fingerprint density at radius 3 is 2.55 bits per heavy atom. The molecule has 2 aliphatic carbocycles. The van der Waals surface area contributed by atoms with Crippen LogP contribution >= 0.6 is 0 Å². The van der Waals surface area contributed by atoms with Crippen molar-refractivity contribution < 1.29 is 24.1 Å². The van der Waals surface area contributed by atoms with Crippen molar-refractivity contribution in [1.29, 1.82) is 0 Å². The van der Waals surface area contributed by atoms with Crippen LogP contribution in [0.25, 0.3) is 0 Å². The molecule has 0 radical (unpaired) electrons. The molecular weight excluding hydrogens is 260 g/mol. The second kappa shape index (κ2) is 4.46. The molecular formula is C15H22O5. The zero-order valence-corrected chi connectivity index (χ0v) is 12.3. The molecule has 1 saturated carbocycles. The van der Waals surface area contributed by atoms with Crippen molar-refractivity contribution in [2.24, 2.45) is 17.3 Å². The zero-order valence-electron chi connectivity index (χ0n) is 12.3. The molecule has 1 N–H and O–H groups in total. The van der Waals surface area contributed by atoms with Gasteiger partial charge < -0.3 is 19.3 Å². The number of aliphatic hydroxyl groups is 1. The third-order valence-electron chi connectivity index (χ3n) is 4.67. The number of rotatable bonds is 1. The summed E-state index contributed by atoms with van der Waals surface area (Å²) in [6.07, 6.45) is 1.88. The lowest BCUT2D eigenvalue weighted by molar-refractivity contribution is -0.296. The molecule has 0 amide bonds. The van der Waals surface area contributed by atoms with E-state index >= 15 is 0 Å². The number of methoxy groups -OCH3 is 1. The van der Waals surface area contributed by atoms with Crippen molar-refractivity contribution in [3.8, 4) is 0 Å². The molecule has 0 aromatic rings. The van der Waals surface area contributed by atoms with Crippen LogP contribution in [0.5, 0.6) is 0 Å². The minimum Gasteiger partial charge on any atom is -0.512 e. The number of hydrogen-bond donors (Lipinski definition) is 1. The Kier molecular flexibility index (Phi) is 3.10. The van der Waals surface area contributed by atoms with Crippen LogP contribution < -0.4 is 0 Å². The van der Waals surface area contributed by atoms with E-state index in [9.17, 15) is 9.90 Å². The van der Waals surface area contributed by atoms with Crippen LogP contribution in [0.1, 0.15) is 33.1 Å². The smallest absolute Gasteiger partial charge is 0.337 e. The number of hydrogen-bond acceptors (Lipinski definition) is 5. The lowest BCUT2D eigenvalue weighted by Gasteiger charge is -2.42. The number of allylic oxidation sites excluding steroid dienone is 1. The van der Waals surface area contributed by atoms with Gasteiger partial charge in [-0.1, -0.05) is 13.8 Å².